The summed E-state index contributed by atoms with van der Waals surface area (Å²) in [5.41, 5.74) is 4.94. The van der Waals surface area contributed by atoms with Gasteiger partial charge in [-0.05, 0) is 42.8 Å². The molecule has 0 heterocycles. The molecule has 0 spiro atoms. The van der Waals surface area contributed by atoms with Gasteiger partial charge in [0.05, 0.1) is 16.1 Å². The fourth-order valence-corrected chi connectivity index (χ4v) is 2.34. The maximum absolute atomic E-state index is 12.8. The van der Waals surface area contributed by atoms with E-state index in [1.165, 1.54) is 18.2 Å². The lowest BCUT2D eigenvalue weighted by atomic mass is 10.1. The SMILES string of the molecule is Cc1ccc(C(N)=O)c(OCC(=O)Nc2ccc(Cl)c(C(F)(F)F)c2)c1. The molecule has 0 aliphatic heterocycles. The minimum absolute atomic E-state index is 0.0882. The summed E-state index contributed by atoms with van der Waals surface area (Å²) in [6.45, 7) is 1.23. The molecule has 5 nitrogen and oxygen atoms in total. The van der Waals surface area contributed by atoms with E-state index < -0.39 is 35.2 Å². The number of alkyl halides is 3. The predicted molar refractivity (Wildman–Crippen MR) is 90.3 cm³/mol. The molecule has 2 rings (SSSR count). The first kappa shape index (κ1) is 19.6. The molecule has 3 N–H and O–H groups in total. The van der Waals surface area contributed by atoms with Crippen LogP contribution in [-0.2, 0) is 11.0 Å². The molecule has 0 saturated carbocycles. The number of carbonyl (C=O) groups excluding carboxylic acids is 2. The number of hydrogen-bond donors (Lipinski definition) is 2. The molecule has 138 valence electrons. The highest BCUT2D eigenvalue weighted by atomic mass is 35.5. The molecular formula is C17H14ClF3N2O3. The van der Waals surface area contributed by atoms with E-state index in [1.54, 1.807) is 13.0 Å². The van der Waals surface area contributed by atoms with Crippen LogP contribution in [-0.4, -0.2) is 18.4 Å². The van der Waals surface area contributed by atoms with Crippen LogP contribution in [0.3, 0.4) is 0 Å². The van der Waals surface area contributed by atoms with Crippen molar-refractivity contribution in [1.82, 2.24) is 0 Å². The van der Waals surface area contributed by atoms with Crippen molar-refractivity contribution in [2.45, 2.75) is 13.1 Å². The number of nitrogens with two attached hydrogens (primary N) is 1. The summed E-state index contributed by atoms with van der Waals surface area (Å²) in [5, 5.41) is 1.80. The van der Waals surface area contributed by atoms with E-state index in [9.17, 15) is 22.8 Å². The number of amides is 2. The highest BCUT2D eigenvalue weighted by molar-refractivity contribution is 6.31. The lowest BCUT2D eigenvalue weighted by molar-refractivity contribution is -0.137. The number of nitrogens with one attached hydrogen (secondary N) is 1. The lowest BCUT2D eigenvalue weighted by Crippen LogP contribution is -2.22. The zero-order valence-electron chi connectivity index (χ0n) is 13.5. The predicted octanol–water partition coefficient (Wildman–Crippen LogP) is 3.78. The van der Waals surface area contributed by atoms with Crippen LogP contribution < -0.4 is 15.8 Å². The van der Waals surface area contributed by atoms with Crippen molar-refractivity contribution in [1.29, 1.82) is 0 Å². The number of aryl methyl sites for hydroxylation is 1. The summed E-state index contributed by atoms with van der Waals surface area (Å²) < 4.78 is 43.8. The van der Waals surface area contributed by atoms with E-state index in [0.29, 0.717) is 0 Å². The van der Waals surface area contributed by atoms with Crippen molar-refractivity contribution in [2.75, 3.05) is 11.9 Å². The Hall–Kier alpha value is -2.74. The Bertz CT molecular complexity index is 854. The van der Waals surface area contributed by atoms with Gasteiger partial charge in [-0.1, -0.05) is 17.7 Å². The number of hydrogen-bond acceptors (Lipinski definition) is 3. The Labute approximate surface area is 151 Å². The van der Waals surface area contributed by atoms with Gasteiger partial charge in [0.15, 0.2) is 6.61 Å². The van der Waals surface area contributed by atoms with Crippen LogP contribution in [0.15, 0.2) is 36.4 Å². The highest BCUT2D eigenvalue weighted by Crippen LogP contribution is 2.36. The van der Waals surface area contributed by atoms with Gasteiger partial charge in [0.2, 0.25) is 0 Å². The zero-order valence-corrected chi connectivity index (χ0v) is 14.2. The van der Waals surface area contributed by atoms with Crippen LogP contribution >= 0.6 is 11.6 Å². The molecule has 0 aliphatic rings. The molecule has 2 aromatic rings. The molecule has 0 bridgehead atoms. The Morgan fingerprint density at radius 1 is 1.19 bits per heavy atom. The second kappa shape index (κ2) is 7.65. The average molecular weight is 387 g/mol. The molecule has 0 unspecified atom stereocenters. The smallest absolute Gasteiger partial charge is 0.417 e. The van der Waals surface area contributed by atoms with Gasteiger partial charge in [-0.2, -0.15) is 13.2 Å². The van der Waals surface area contributed by atoms with E-state index in [4.69, 9.17) is 22.1 Å². The van der Waals surface area contributed by atoms with Crippen molar-refractivity contribution in [3.8, 4) is 5.75 Å². The highest BCUT2D eigenvalue weighted by Gasteiger charge is 2.33. The molecule has 0 aliphatic carbocycles. The van der Waals surface area contributed by atoms with Crippen LogP contribution in [0.4, 0.5) is 18.9 Å². The van der Waals surface area contributed by atoms with Crippen LogP contribution in [0.5, 0.6) is 5.75 Å². The number of halogens is 4. The van der Waals surface area contributed by atoms with Gasteiger partial charge in [0, 0.05) is 5.69 Å². The van der Waals surface area contributed by atoms with Gasteiger partial charge in [-0.25, -0.2) is 0 Å². The van der Waals surface area contributed by atoms with Gasteiger partial charge >= 0.3 is 6.18 Å². The number of rotatable bonds is 5. The third-order valence-electron chi connectivity index (χ3n) is 3.32. The Morgan fingerprint density at radius 2 is 1.88 bits per heavy atom. The Balaban J connectivity index is 2.09. The zero-order chi connectivity index (χ0) is 19.5. The first-order chi connectivity index (χ1) is 12.1. The molecule has 2 amide bonds. The van der Waals surface area contributed by atoms with Crippen molar-refractivity contribution in [2.24, 2.45) is 5.73 Å². The Morgan fingerprint density at radius 3 is 2.50 bits per heavy atom. The minimum atomic E-state index is -4.65. The van der Waals surface area contributed by atoms with Gasteiger partial charge in [-0.15, -0.1) is 0 Å². The number of benzene rings is 2. The molecule has 2 aromatic carbocycles. The molecule has 9 heteroatoms. The largest absolute Gasteiger partial charge is 0.483 e. The van der Waals surface area contributed by atoms with E-state index in [-0.39, 0.29) is 17.0 Å². The summed E-state index contributed by atoms with van der Waals surface area (Å²) in [5.74, 6) is -1.33. The summed E-state index contributed by atoms with van der Waals surface area (Å²) in [6, 6.07) is 7.63. The molecule has 0 aromatic heterocycles. The number of anilines is 1. The molecular weight excluding hydrogens is 373 g/mol. The third kappa shape index (κ3) is 4.89. The normalized spacial score (nSPS) is 11.1. The maximum Gasteiger partial charge on any atom is 0.417 e. The molecule has 26 heavy (non-hydrogen) atoms. The first-order valence-electron chi connectivity index (χ1n) is 7.28. The number of ether oxygens (including phenoxy) is 1. The maximum atomic E-state index is 12.8. The van der Waals surface area contributed by atoms with E-state index in [2.05, 4.69) is 5.32 Å². The standard InChI is InChI=1S/C17H14ClF3N2O3/c1-9-2-4-11(16(22)25)14(6-9)26-8-15(24)23-10-3-5-13(18)12(7-10)17(19,20)21/h2-7H,8H2,1H3,(H2,22,25)(H,23,24). The van der Waals surface area contributed by atoms with Crippen LogP contribution in [0.25, 0.3) is 0 Å². The molecule has 0 radical (unpaired) electrons. The van der Waals surface area contributed by atoms with Gasteiger partial charge < -0.3 is 15.8 Å². The number of primary amides is 1. The molecule has 0 atom stereocenters. The topological polar surface area (TPSA) is 81.4 Å². The van der Waals surface area contributed by atoms with Crippen molar-refractivity contribution in [3.05, 3.63) is 58.1 Å². The van der Waals surface area contributed by atoms with Crippen molar-refractivity contribution in [3.63, 3.8) is 0 Å². The van der Waals surface area contributed by atoms with Crippen LogP contribution in [0, 0.1) is 6.92 Å². The lowest BCUT2D eigenvalue weighted by Gasteiger charge is -2.13. The quantitative estimate of drug-likeness (QED) is 0.820. The fourth-order valence-electron chi connectivity index (χ4n) is 2.11. The number of carbonyl (C=O) groups is 2. The summed E-state index contributed by atoms with van der Waals surface area (Å²) in [6.07, 6.45) is -4.65. The Kier molecular flexibility index (Phi) is 5.76. The van der Waals surface area contributed by atoms with Crippen molar-refractivity contribution >= 4 is 29.1 Å². The van der Waals surface area contributed by atoms with Gasteiger partial charge in [0.25, 0.3) is 11.8 Å². The summed E-state index contributed by atoms with van der Waals surface area (Å²) in [7, 11) is 0. The molecule has 0 saturated heterocycles. The summed E-state index contributed by atoms with van der Waals surface area (Å²) >= 11 is 5.52. The molecule has 0 fully saturated rings. The van der Waals surface area contributed by atoms with Gasteiger partial charge in [-0.3, -0.25) is 9.59 Å². The van der Waals surface area contributed by atoms with Crippen LogP contribution in [0.1, 0.15) is 21.5 Å². The van der Waals surface area contributed by atoms with Gasteiger partial charge in [0.1, 0.15) is 5.75 Å². The fraction of sp³-hybridized carbons (Fsp3) is 0.176. The van der Waals surface area contributed by atoms with Crippen molar-refractivity contribution < 1.29 is 27.5 Å². The second-order valence-corrected chi connectivity index (χ2v) is 5.80. The van der Waals surface area contributed by atoms with E-state index >= 15 is 0 Å². The average Bonchev–Trinajstić information content (AvgIpc) is 2.53. The van der Waals surface area contributed by atoms with E-state index in [0.717, 1.165) is 17.7 Å². The monoisotopic (exact) mass is 386 g/mol. The third-order valence-corrected chi connectivity index (χ3v) is 3.65. The second-order valence-electron chi connectivity index (χ2n) is 5.39. The van der Waals surface area contributed by atoms with Crippen LogP contribution in [0.2, 0.25) is 5.02 Å². The first-order valence-corrected chi connectivity index (χ1v) is 7.65. The summed E-state index contributed by atoms with van der Waals surface area (Å²) in [4.78, 5) is 23.3. The van der Waals surface area contributed by atoms with E-state index in [1.807, 2.05) is 0 Å². The minimum Gasteiger partial charge on any atom is -0.483 e.